The molecule has 0 radical (unpaired) electrons. The van der Waals surface area contributed by atoms with E-state index in [2.05, 4.69) is 5.32 Å². The highest BCUT2D eigenvalue weighted by Crippen LogP contribution is 2.27. The average Bonchev–Trinajstić information content (AvgIpc) is 3.02. The van der Waals surface area contributed by atoms with Crippen LogP contribution in [0.15, 0.2) is 54.2 Å². The summed E-state index contributed by atoms with van der Waals surface area (Å²) in [4.78, 5) is 14.6. The lowest BCUT2D eigenvalue weighted by molar-refractivity contribution is -0.124. The van der Waals surface area contributed by atoms with Crippen molar-refractivity contribution in [1.29, 1.82) is 0 Å². The van der Waals surface area contributed by atoms with Gasteiger partial charge in [0.25, 0.3) is 5.91 Å². The number of carbonyl (C=O) groups is 1. The summed E-state index contributed by atoms with van der Waals surface area (Å²) in [6.07, 6.45) is 7.34. The van der Waals surface area contributed by atoms with Crippen molar-refractivity contribution in [2.24, 2.45) is 0 Å². The van der Waals surface area contributed by atoms with Gasteiger partial charge in [-0.25, -0.2) is 4.39 Å². The first-order valence-electron chi connectivity index (χ1n) is 9.94. The molecule has 1 amide bonds. The number of ether oxygens (including phenoxy) is 1. The fraction of sp³-hybridized carbons (Fsp3) is 0.304. The minimum atomic E-state index is -0.279. The summed E-state index contributed by atoms with van der Waals surface area (Å²) in [6, 6.07) is 14.1. The number of nitrogens with zero attached hydrogens (tertiary/aromatic N) is 1. The third kappa shape index (κ3) is 4.48. The first kappa shape index (κ1) is 19.6. The van der Waals surface area contributed by atoms with E-state index in [1.165, 1.54) is 12.5 Å². The van der Waals surface area contributed by atoms with Gasteiger partial charge < -0.3 is 10.1 Å². The zero-order valence-corrected chi connectivity index (χ0v) is 16.9. The molecule has 2 aliphatic rings. The van der Waals surface area contributed by atoms with Gasteiger partial charge in [-0.15, -0.1) is 0 Å². The molecule has 2 aromatic rings. The number of amides is 1. The van der Waals surface area contributed by atoms with Gasteiger partial charge in [-0.3, -0.25) is 9.69 Å². The maximum atomic E-state index is 13.7. The minimum absolute atomic E-state index is 0.0539. The van der Waals surface area contributed by atoms with Crippen molar-refractivity contribution in [1.82, 2.24) is 10.2 Å². The molecule has 1 saturated carbocycles. The summed E-state index contributed by atoms with van der Waals surface area (Å²) in [5, 5.41) is 3.56. The van der Waals surface area contributed by atoms with E-state index in [9.17, 15) is 9.18 Å². The van der Waals surface area contributed by atoms with Crippen LogP contribution in [0.1, 0.15) is 43.2 Å². The monoisotopic (exact) mass is 410 g/mol. The van der Waals surface area contributed by atoms with Gasteiger partial charge in [0, 0.05) is 11.6 Å². The van der Waals surface area contributed by atoms with Crippen LogP contribution in [0.3, 0.4) is 0 Å². The van der Waals surface area contributed by atoms with Gasteiger partial charge in [0.1, 0.15) is 23.9 Å². The molecule has 6 heteroatoms. The molecule has 0 unspecified atom stereocenters. The highest BCUT2D eigenvalue weighted by Gasteiger charge is 2.36. The molecule has 1 N–H and O–H groups in total. The van der Waals surface area contributed by atoms with Crippen molar-refractivity contribution >= 4 is 29.3 Å². The van der Waals surface area contributed by atoms with Crippen LogP contribution in [0.2, 0.25) is 0 Å². The predicted octanol–water partition coefficient (Wildman–Crippen LogP) is 4.80. The number of carbonyl (C=O) groups excluding carboxylic acids is 1. The molecule has 1 heterocycles. The Hall–Kier alpha value is -2.73. The number of nitrogens with one attached hydrogen (secondary N) is 1. The van der Waals surface area contributed by atoms with Gasteiger partial charge in [0.2, 0.25) is 0 Å². The van der Waals surface area contributed by atoms with E-state index in [0.717, 1.165) is 31.2 Å². The standard InChI is InChI=1S/C23H23FN2O2S/c24-20-9-5-4-6-17(20)15-28-19-12-10-16(11-13-19)14-21-22(27)26(23(29)25-21)18-7-2-1-3-8-18/h4-6,9-14,18H,1-3,7-8,15H2,(H,25,29)/b21-14-. The number of thiocarbonyl (C=S) groups is 1. The Kier molecular flexibility index (Phi) is 5.90. The third-order valence-corrected chi connectivity index (χ3v) is 5.69. The molecule has 1 aliphatic carbocycles. The summed E-state index contributed by atoms with van der Waals surface area (Å²) >= 11 is 5.41. The van der Waals surface area contributed by atoms with Crippen molar-refractivity contribution in [3.8, 4) is 5.75 Å². The lowest BCUT2D eigenvalue weighted by atomic mass is 9.94. The SMILES string of the molecule is O=C1/C(=C/c2ccc(OCc3ccccc3F)cc2)NC(=S)N1C1CCCCC1. The molecule has 1 saturated heterocycles. The lowest BCUT2D eigenvalue weighted by Gasteiger charge is -2.29. The third-order valence-electron chi connectivity index (χ3n) is 5.39. The summed E-state index contributed by atoms with van der Waals surface area (Å²) in [5.74, 6) is 0.306. The van der Waals surface area contributed by atoms with Gasteiger partial charge in [0.05, 0.1) is 0 Å². The minimum Gasteiger partial charge on any atom is -0.489 e. The number of hydrogen-bond acceptors (Lipinski definition) is 3. The van der Waals surface area contributed by atoms with Gasteiger partial charge in [-0.05, 0) is 54.9 Å². The quantitative estimate of drug-likeness (QED) is 0.568. The van der Waals surface area contributed by atoms with Crippen molar-refractivity contribution in [2.75, 3.05) is 0 Å². The van der Waals surface area contributed by atoms with Crippen LogP contribution in [0, 0.1) is 5.82 Å². The molecule has 0 bridgehead atoms. The van der Waals surface area contributed by atoms with E-state index in [0.29, 0.717) is 22.1 Å². The second-order valence-electron chi connectivity index (χ2n) is 7.40. The van der Waals surface area contributed by atoms with Crippen molar-refractivity contribution < 1.29 is 13.9 Å². The van der Waals surface area contributed by atoms with Gasteiger partial charge in [-0.2, -0.15) is 0 Å². The Bertz CT molecular complexity index is 936. The van der Waals surface area contributed by atoms with Crippen LogP contribution in [0.25, 0.3) is 6.08 Å². The molecule has 4 rings (SSSR count). The second-order valence-corrected chi connectivity index (χ2v) is 7.79. The maximum absolute atomic E-state index is 13.7. The Morgan fingerprint density at radius 3 is 2.55 bits per heavy atom. The summed E-state index contributed by atoms with van der Waals surface area (Å²) in [5.41, 5.74) is 1.88. The Morgan fingerprint density at radius 2 is 1.83 bits per heavy atom. The van der Waals surface area contributed by atoms with E-state index in [4.69, 9.17) is 17.0 Å². The van der Waals surface area contributed by atoms with Crippen molar-refractivity contribution in [2.45, 2.75) is 44.8 Å². The van der Waals surface area contributed by atoms with Gasteiger partial charge >= 0.3 is 0 Å². The number of halogens is 1. The van der Waals surface area contributed by atoms with Crippen LogP contribution in [0.5, 0.6) is 5.75 Å². The molecule has 150 valence electrons. The van der Waals surface area contributed by atoms with Crippen LogP contribution in [-0.2, 0) is 11.4 Å². The average molecular weight is 411 g/mol. The summed E-state index contributed by atoms with van der Waals surface area (Å²) in [6.45, 7) is 0.164. The smallest absolute Gasteiger partial charge is 0.276 e. The zero-order valence-electron chi connectivity index (χ0n) is 16.1. The van der Waals surface area contributed by atoms with E-state index < -0.39 is 0 Å². The molecule has 0 aromatic heterocycles. The first-order valence-corrected chi connectivity index (χ1v) is 10.3. The van der Waals surface area contributed by atoms with Gasteiger partial charge in [0.15, 0.2) is 5.11 Å². The largest absolute Gasteiger partial charge is 0.489 e. The molecule has 29 heavy (non-hydrogen) atoms. The van der Waals surface area contributed by atoms with Crippen LogP contribution >= 0.6 is 12.2 Å². The first-order chi connectivity index (χ1) is 14.1. The van der Waals surface area contributed by atoms with Crippen molar-refractivity contribution in [3.05, 3.63) is 71.2 Å². The molecular formula is C23H23FN2O2S. The summed E-state index contributed by atoms with van der Waals surface area (Å²) in [7, 11) is 0. The molecule has 2 fully saturated rings. The molecule has 0 atom stereocenters. The zero-order chi connectivity index (χ0) is 20.2. The molecule has 2 aromatic carbocycles. The van der Waals surface area contributed by atoms with Crippen LogP contribution in [0.4, 0.5) is 4.39 Å². The number of hydrogen-bond donors (Lipinski definition) is 1. The number of benzene rings is 2. The van der Waals surface area contributed by atoms with E-state index in [1.807, 2.05) is 24.3 Å². The molecular weight excluding hydrogens is 387 g/mol. The molecule has 1 aliphatic heterocycles. The fourth-order valence-electron chi connectivity index (χ4n) is 3.82. The molecule has 4 nitrogen and oxygen atoms in total. The van der Waals surface area contributed by atoms with Crippen LogP contribution in [-0.4, -0.2) is 22.0 Å². The normalized spacial score (nSPS) is 18.9. The predicted molar refractivity (Wildman–Crippen MR) is 115 cm³/mol. The van der Waals surface area contributed by atoms with Gasteiger partial charge in [-0.1, -0.05) is 49.6 Å². The second kappa shape index (κ2) is 8.74. The highest BCUT2D eigenvalue weighted by molar-refractivity contribution is 7.80. The lowest BCUT2D eigenvalue weighted by Crippen LogP contribution is -2.41. The number of rotatable bonds is 5. The fourth-order valence-corrected chi connectivity index (χ4v) is 4.17. The van der Waals surface area contributed by atoms with E-state index in [-0.39, 0.29) is 24.4 Å². The maximum Gasteiger partial charge on any atom is 0.276 e. The van der Waals surface area contributed by atoms with E-state index in [1.54, 1.807) is 29.2 Å². The topological polar surface area (TPSA) is 41.6 Å². The van der Waals surface area contributed by atoms with Crippen LogP contribution < -0.4 is 10.1 Å². The Morgan fingerprint density at radius 1 is 1.10 bits per heavy atom. The summed E-state index contributed by atoms with van der Waals surface area (Å²) < 4.78 is 19.3. The Labute approximate surface area is 175 Å². The van der Waals surface area contributed by atoms with E-state index >= 15 is 0 Å². The highest BCUT2D eigenvalue weighted by atomic mass is 32.1. The Balaban J connectivity index is 1.41. The van der Waals surface area contributed by atoms with Crippen molar-refractivity contribution in [3.63, 3.8) is 0 Å². The molecule has 0 spiro atoms.